The van der Waals surface area contributed by atoms with E-state index >= 15 is 0 Å². The van der Waals surface area contributed by atoms with Crippen molar-refractivity contribution in [3.63, 3.8) is 0 Å². The van der Waals surface area contributed by atoms with E-state index in [1.807, 2.05) is 30.3 Å². The molecule has 2 rings (SSSR count). The zero-order valence-corrected chi connectivity index (χ0v) is 14.8. The van der Waals surface area contributed by atoms with E-state index in [1.165, 1.54) is 11.8 Å². The Balaban J connectivity index is 1.58. The molecule has 0 N–H and O–H groups in total. The highest BCUT2D eigenvalue weighted by atomic mass is 32.2. The predicted molar refractivity (Wildman–Crippen MR) is 94.3 cm³/mol. The Bertz CT molecular complexity index is 521. The van der Waals surface area contributed by atoms with Crippen LogP contribution in [0.1, 0.15) is 0 Å². The normalized spacial score (nSPS) is 14.3. The molecule has 1 aromatic carbocycles. The summed E-state index contributed by atoms with van der Waals surface area (Å²) in [6, 6.07) is 9.51. The van der Waals surface area contributed by atoms with Crippen molar-refractivity contribution in [3.8, 4) is 5.75 Å². The molecule has 2 amide bonds. The zero-order valence-electron chi connectivity index (χ0n) is 14.0. The summed E-state index contributed by atoms with van der Waals surface area (Å²) in [6.07, 6.45) is 0. The molecule has 1 fully saturated rings. The van der Waals surface area contributed by atoms with Gasteiger partial charge in [0, 0.05) is 20.1 Å². The lowest BCUT2D eigenvalue weighted by Crippen LogP contribution is -2.41. The number of benzene rings is 1. The van der Waals surface area contributed by atoms with Crippen molar-refractivity contribution in [2.24, 2.45) is 0 Å². The molecule has 1 aromatic rings. The van der Waals surface area contributed by atoms with Gasteiger partial charge in [-0.25, -0.2) is 0 Å². The highest BCUT2D eigenvalue weighted by Crippen LogP contribution is 2.09. The summed E-state index contributed by atoms with van der Waals surface area (Å²) >= 11 is 1.36. The van der Waals surface area contributed by atoms with Crippen LogP contribution in [0.5, 0.6) is 5.75 Å². The van der Waals surface area contributed by atoms with Gasteiger partial charge >= 0.3 is 0 Å². The van der Waals surface area contributed by atoms with Gasteiger partial charge in [-0.05, 0) is 12.1 Å². The highest BCUT2D eigenvalue weighted by molar-refractivity contribution is 8.00. The Morgan fingerprint density at radius 3 is 2.62 bits per heavy atom. The van der Waals surface area contributed by atoms with Crippen molar-refractivity contribution >= 4 is 23.6 Å². The lowest BCUT2D eigenvalue weighted by molar-refractivity contribution is -0.132. The van der Waals surface area contributed by atoms with Crippen molar-refractivity contribution in [2.75, 3.05) is 58.0 Å². The molecular weight excluding hydrogens is 328 g/mol. The zero-order chi connectivity index (χ0) is 17.2. The van der Waals surface area contributed by atoms with Crippen molar-refractivity contribution in [1.29, 1.82) is 0 Å². The van der Waals surface area contributed by atoms with Crippen LogP contribution in [0, 0.1) is 0 Å². The lowest BCUT2D eigenvalue weighted by Gasteiger charge is -2.26. The van der Waals surface area contributed by atoms with Crippen molar-refractivity contribution < 1.29 is 19.1 Å². The first-order valence-corrected chi connectivity index (χ1v) is 9.17. The summed E-state index contributed by atoms with van der Waals surface area (Å²) in [6.45, 7) is 3.45. The van der Waals surface area contributed by atoms with Gasteiger partial charge in [0.1, 0.15) is 12.4 Å². The number of para-hydroxylation sites is 1. The molecule has 1 aliphatic rings. The fourth-order valence-corrected chi connectivity index (χ4v) is 3.04. The third-order valence-corrected chi connectivity index (χ3v) is 4.58. The molecule has 0 saturated carbocycles. The van der Waals surface area contributed by atoms with Gasteiger partial charge in [0.15, 0.2) is 0 Å². The third kappa shape index (κ3) is 6.41. The first-order valence-electron chi connectivity index (χ1n) is 8.02. The lowest BCUT2D eigenvalue weighted by atomic mass is 10.3. The van der Waals surface area contributed by atoms with E-state index in [2.05, 4.69) is 0 Å². The molecule has 0 radical (unpaired) electrons. The number of carbonyl (C=O) groups is 2. The summed E-state index contributed by atoms with van der Waals surface area (Å²) in [5, 5.41) is 0. The predicted octanol–water partition coefficient (Wildman–Crippen LogP) is 1.12. The van der Waals surface area contributed by atoms with Crippen LogP contribution in [-0.4, -0.2) is 79.6 Å². The Morgan fingerprint density at radius 2 is 1.92 bits per heavy atom. The molecule has 24 heavy (non-hydrogen) atoms. The Hall–Kier alpha value is -1.73. The second kappa shape index (κ2) is 10.2. The van der Waals surface area contributed by atoms with Crippen molar-refractivity contribution in [3.05, 3.63) is 30.3 Å². The van der Waals surface area contributed by atoms with Crippen LogP contribution in [-0.2, 0) is 14.3 Å². The summed E-state index contributed by atoms with van der Waals surface area (Å²) < 4.78 is 10.8. The van der Waals surface area contributed by atoms with E-state index in [0.717, 1.165) is 5.75 Å². The van der Waals surface area contributed by atoms with Gasteiger partial charge in [-0.15, -0.1) is 11.8 Å². The molecule has 0 spiro atoms. The highest BCUT2D eigenvalue weighted by Gasteiger charge is 2.17. The number of hydrogen-bond acceptors (Lipinski definition) is 5. The second-order valence-electron chi connectivity index (χ2n) is 5.46. The van der Waals surface area contributed by atoms with Crippen LogP contribution in [0.15, 0.2) is 30.3 Å². The maximum atomic E-state index is 12.0. The minimum Gasteiger partial charge on any atom is -0.492 e. The van der Waals surface area contributed by atoms with Gasteiger partial charge in [0.25, 0.3) is 0 Å². The molecular formula is C17H24N2O4S. The summed E-state index contributed by atoms with van der Waals surface area (Å²) in [7, 11) is 1.75. The largest absolute Gasteiger partial charge is 0.492 e. The minimum atomic E-state index is 0.00596. The average molecular weight is 352 g/mol. The first kappa shape index (κ1) is 18.6. The van der Waals surface area contributed by atoms with Gasteiger partial charge in [0.05, 0.1) is 31.3 Å². The van der Waals surface area contributed by atoms with E-state index in [4.69, 9.17) is 9.47 Å². The smallest absolute Gasteiger partial charge is 0.232 e. The molecule has 1 heterocycles. The van der Waals surface area contributed by atoms with E-state index in [9.17, 15) is 9.59 Å². The van der Waals surface area contributed by atoms with Crippen LogP contribution < -0.4 is 4.74 Å². The van der Waals surface area contributed by atoms with E-state index < -0.39 is 0 Å². The fraction of sp³-hybridized carbons (Fsp3) is 0.529. The van der Waals surface area contributed by atoms with Crippen LogP contribution in [0.3, 0.4) is 0 Å². The maximum absolute atomic E-state index is 12.0. The molecule has 132 valence electrons. The monoisotopic (exact) mass is 352 g/mol. The molecule has 7 heteroatoms. The van der Waals surface area contributed by atoms with Crippen molar-refractivity contribution in [1.82, 2.24) is 9.80 Å². The van der Waals surface area contributed by atoms with Gasteiger partial charge in [-0.3, -0.25) is 9.59 Å². The molecule has 6 nitrogen and oxygen atoms in total. The quantitative estimate of drug-likeness (QED) is 0.702. The second-order valence-corrected chi connectivity index (χ2v) is 6.45. The molecule has 0 atom stereocenters. The summed E-state index contributed by atoms with van der Waals surface area (Å²) in [5.74, 6) is 1.51. The summed E-state index contributed by atoms with van der Waals surface area (Å²) in [4.78, 5) is 27.5. The molecule has 0 bridgehead atoms. The molecule has 0 aromatic heterocycles. The summed E-state index contributed by atoms with van der Waals surface area (Å²) in [5.41, 5.74) is 0. The SMILES string of the molecule is CN(CCOc1ccccc1)C(=O)CSCC(=O)N1CCOCC1. The van der Waals surface area contributed by atoms with Crippen LogP contribution in [0.2, 0.25) is 0 Å². The molecule has 1 saturated heterocycles. The Labute approximate surface area is 147 Å². The number of hydrogen-bond donors (Lipinski definition) is 0. The maximum Gasteiger partial charge on any atom is 0.232 e. The van der Waals surface area contributed by atoms with Crippen LogP contribution >= 0.6 is 11.8 Å². The number of ether oxygens (including phenoxy) is 2. The third-order valence-electron chi connectivity index (χ3n) is 3.68. The standard InChI is InChI=1S/C17H24N2O4S/c1-18(7-12-23-15-5-3-2-4-6-15)16(20)13-24-14-17(21)19-8-10-22-11-9-19/h2-6H,7-14H2,1H3. The van der Waals surface area contributed by atoms with Crippen LogP contribution in [0.25, 0.3) is 0 Å². The number of thioether (sulfide) groups is 1. The number of morpholine rings is 1. The average Bonchev–Trinajstić information content (AvgIpc) is 2.63. The number of nitrogens with zero attached hydrogens (tertiary/aromatic N) is 2. The van der Waals surface area contributed by atoms with Crippen LogP contribution in [0.4, 0.5) is 0 Å². The van der Waals surface area contributed by atoms with E-state index in [0.29, 0.717) is 51.0 Å². The fourth-order valence-electron chi connectivity index (χ4n) is 2.18. The van der Waals surface area contributed by atoms with Crippen molar-refractivity contribution in [2.45, 2.75) is 0 Å². The number of carbonyl (C=O) groups excluding carboxylic acids is 2. The molecule has 0 unspecified atom stereocenters. The Morgan fingerprint density at radius 1 is 1.21 bits per heavy atom. The number of amides is 2. The Kier molecular flexibility index (Phi) is 7.91. The first-order chi connectivity index (χ1) is 11.7. The van der Waals surface area contributed by atoms with Gasteiger partial charge in [0.2, 0.25) is 11.8 Å². The number of likely N-dealkylation sites (N-methyl/N-ethyl adjacent to an activating group) is 1. The minimum absolute atomic E-state index is 0.00596. The molecule has 1 aliphatic heterocycles. The number of rotatable bonds is 8. The van der Waals surface area contributed by atoms with Gasteiger partial charge < -0.3 is 19.3 Å². The molecule has 0 aliphatic carbocycles. The van der Waals surface area contributed by atoms with E-state index in [-0.39, 0.29) is 11.8 Å². The topological polar surface area (TPSA) is 59.1 Å². The van der Waals surface area contributed by atoms with E-state index in [1.54, 1.807) is 16.8 Å². The van der Waals surface area contributed by atoms with Gasteiger partial charge in [-0.1, -0.05) is 18.2 Å². The van der Waals surface area contributed by atoms with Gasteiger partial charge in [-0.2, -0.15) is 0 Å².